The molecule has 72 valence electrons. The molecule has 0 rings (SSSR count). The number of hydrogen-bond acceptors (Lipinski definition) is 5. The van der Waals surface area contributed by atoms with Crippen LogP contribution in [0.15, 0.2) is 0 Å². The maximum atomic E-state index is 10.4. The Morgan fingerprint density at radius 3 is 1.92 bits per heavy atom. The molecule has 0 saturated carbocycles. The van der Waals surface area contributed by atoms with E-state index in [0.717, 1.165) is 0 Å². The van der Waals surface area contributed by atoms with E-state index < -0.39 is 23.0 Å². The minimum absolute atomic E-state index is 3.00. The summed E-state index contributed by atoms with van der Waals surface area (Å²) < 4.78 is 37.0. The van der Waals surface area contributed by atoms with Crippen LogP contribution in [0, 0.1) is 0 Å². The van der Waals surface area contributed by atoms with Crippen molar-refractivity contribution < 1.29 is 37.0 Å². The van der Waals surface area contributed by atoms with Crippen LogP contribution in [-0.4, -0.2) is 14.7 Å². The van der Waals surface area contributed by atoms with Crippen molar-refractivity contribution in [3.05, 3.63) is 0 Å². The van der Waals surface area contributed by atoms with E-state index in [1.54, 1.807) is 0 Å². The highest BCUT2D eigenvalue weighted by atomic mass is 35.7. The van der Waals surface area contributed by atoms with Crippen LogP contribution < -0.4 is 0 Å². The van der Waals surface area contributed by atoms with Gasteiger partial charge in [-0.2, -0.15) is 4.31 Å². The third kappa shape index (κ3) is 7.31. The van der Waals surface area contributed by atoms with E-state index in [0.29, 0.717) is 0 Å². The highest BCUT2D eigenvalue weighted by Gasteiger charge is 2.40. The summed E-state index contributed by atoms with van der Waals surface area (Å²) in [5.74, 6) is 0. The Balaban J connectivity index is 4.35. The molecule has 0 aromatic heterocycles. The van der Waals surface area contributed by atoms with Crippen molar-refractivity contribution in [3.63, 3.8) is 0 Å². The standard InChI is InChI=1S/ClH2O8P3/c1-10(2)8-12(6,7)9-11(3,4)5/h(H2-,3,4,5,6,7)/p+1. The molecule has 0 spiro atoms. The van der Waals surface area contributed by atoms with Crippen LogP contribution in [-0.2, 0) is 22.3 Å². The van der Waals surface area contributed by atoms with E-state index in [1.807, 2.05) is 0 Å². The van der Waals surface area contributed by atoms with Crippen LogP contribution in [0.3, 0.4) is 0 Å². The van der Waals surface area contributed by atoms with E-state index in [9.17, 15) is 13.7 Å². The van der Waals surface area contributed by atoms with Gasteiger partial charge in [0.1, 0.15) is 0 Å². The van der Waals surface area contributed by atoms with Gasteiger partial charge < -0.3 is 9.79 Å². The monoisotopic (exact) mass is 259 g/mol. The Bertz CT molecular complexity index is 261. The number of halogens is 1. The van der Waals surface area contributed by atoms with Gasteiger partial charge in [-0.05, 0) is 8.88 Å². The van der Waals surface area contributed by atoms with Crippen molar-refractivity contribution in [2.75, 3.05) is 0 Å². The summed E-state index contributed by atoms with van der Waals surface area (Å²) in [6.45, 7) is 0. The van der Waals surface area contributed by atoms with Crippen LogP contribution >= 0.6 is 34.3 Å². The van der Waals surface area contributed by atoms with Gasteiger partial charge in [0.2, 0.25) is 11.2 Å². The van der Waals surface area contributed by atoms with Gasteiger partial charge >= 0.3 is 23.0 Å². The van der Waals surface area contributed by atoms with E-state index in [4.69, 9.17) is 14.7 Å². The molecule has 3 N–H and O–H groups in total. The molecule has 2 unspecified atom stereocenters. The second-order valence-electron chi connectivity index (χ2n) is 1.33. The minimum atomic E-state index is -5.17. The smallest absolute Gasteiger partial charge is 0.302 e. The third-order valence-corrected chi connectivity index (χ3v) is 3.95. The lowest BCUT2D eigenvalue weighted by Gasteiger charge is -2.04. The van der Waals surface area contributed by atoms with Gasteiger partial charge in [-0.1, -0.05) is 0 Å². The highest BCUT2D eigenvalue weighted by molar-refractivity contribution is 7.76. The molecule has 0 aliphatic carbocycles. The molecule has 0 aliphatic rings. The SMILES string of the molecule is O=[P+](Cl)OP(=O)(O)OP(=O)(O)O. The Kier molecular flexibility index (Phi) is 4.47. The summed E-state index contributed by atoms with van der Waals surface area (Å²) in [5, 5.41) is 0. The number of rotatable bonds is 4. The summed E-state index contributed by atoms with van der Waals surface area (Å²) in [5.41, 5.74) is 0. The fourth-order valence-corrected chi connectivity index (χ4v) is 3.04. The third-order valence-electron chi connectivity index (χ3n) is 0.377. The van der Waals surface area contributed by atoms with E-state index in [1.165, 1.54) is 0 Å². The van der Waals surface area contributed by atoms with Gasteiger partial charge in [-0.3, -0.25) is 4.89 Å². The molecule has 0 aliphatic heterocycles. The van der Waals surface area contributed by atoms with Crippen molar-refractivity contribution in [3.8, 4) is 0 Å². The van der Waals surface area contributed by atoms with Crippen molar-refractivity contribution in [1.29, 1.82) is 0 Å². The lowest BCUT2D eigenvalue weighted by molar-refractivity contribution is 0.233. The zero-order chi connectivity index (χ0) is 9.99. The van der Waals surface area contributed by atoms with Crippen LogP contribution in [0.25, 0.3) is 0 Å². The van der Waals surface area contributed by atoms with Crippen molar-refractivity contribution in [2.24, 2.45) is 0 Å². The zero-order valence-corrected chi connectivity index (χ0v) is 8.54. The van der Waals surface area contributed by atoms with Crippen molar-refractivity contribution >= 4 is 34.3 Å². The topological polar surface area (TPSA) is 130 Å². The Morgan fingerprint density at radius 2 is 1.67 bits per heavy atom. The van der Waals surface area contributed by atoms with Gasteiger partial charge in [0.05, 0.1) is 0 Å². The van der Waals surface area contributed by atoms with Crippen LogP contribution in [0.4, 0.5) is 0 Å². The first-order chi connectivity index (χ1) is 5.12. The summed E-state index contributed by atoms with van der Waals surface area (Å²) in [6, 6.07) is 0. The van der Waals surface area contributed by atoms with Crippen LogP contribution in [0.5, 0.6) is 0 Å². The quantitative estimate of drug-likeness (QED) is 0.640. The Labute approximate surface area is 72.0 Å². The molecular formula is H3ClO8P3+. The van der Waals surface area contributed by atoms with E-state index >= 15 is 0 Å². The summed E-state index contributed by atoms with van der Waals surface area (Å²) in [4.78, 5) is 24.4. The van der Waals surface area contributed by atoms with Gasteiger partial charge in [-0.15, -0.1) is 0 Å². The molecule has 0 heterocycles. The Hall–Kier alpha value is 0.650. The molecule has 8 nitrogen and oxygen atoms in total. The van der Waals surface area contributed by atoms with Crippen molar-refractivity contribution in [2.45, 2.75) is 0 Å². The van der Waals surface area contributed by atoms with E-state index in [-0.39, 0.29) is 0 Å². The maximum absolute atomic E-state index is 10.4. The predicted molar refractivity (Wildman–Crippen MR) is 37.5 cm³/mol. The average Bonchev–Trinajstić information content (AvgIpc) is 1.48. The predicted octanol–water partition coefficient (Wildman–Crippen LogP) is 1.11. The first-order valence-electron chi connectivity index (χ1n) is 2.05. The van der Waals surface area contributed by atoms with Crippen LogP contribution in [0.1, 0.15) is 0 Å². The second-order valence-corrected chi connectivity index (χ2v) is 5.81. The molecule has 12 heavy (non-hydrogen) atoms. The van der Waals surface area contributed by atoms with Crippen molar-refractivity contribution in [1.82, 2.24) is 0 Å². The van der Waals surface area contributed by atoms with Crippen LogP contribution in [0.2, 0.25) is 0 Å². The lowest BCUT2D eigenvalue weighted by Crippen LogP contribution is -1.87. The molecule has 0 radical (unpaired) electrons. The number of hydrogen-bond donors (Lipinski definition) is 3. The Morgan fingerprint density at radius 1 is 1.25 bits per heavy atom. The minimum Gasteiger partial charge on any atom is -0.302 e. The van der Waals surface area contributed by atoms with Gasteiger partial charge in [0, 0.05) is 0 Å². The van der Waals surface area contributed by atoms with Gasteiger partial charge in [0.15, 0.2) is 0 Å². The van der Waals surface area contributed by atoms with Gasteiger partial charge in [-0.25, -0.2) is 9.13 Å². The lowest BCUT2D eigenvalue weighted by atomic mass is 15.7. The fraction of sp³-hybridized carbons (Fsp3) is 0. The molecule has 12 heteroatoms. The highest BCUT2D eigenvalue weighted by Crippen LogP contribution is 2.62. The van der Waals surface area contributed by atoms with E-state index in [2.05, 4.69) is 19.9 Å². The molecule has 0 fully saturated rings. The first-order valence-corrected chi connectivity index (χ1v) is 7.16. The average molecular weight is 259 g/mol. The largest absolute Gasteiger partial charge is 0.644 e. The molecule has 0 amide bonds. The molecule has 0 bridgehead atoms. The van der Waals surface area contributed by atoms with Gasteiger partial charge in [0.25, 0.3) is 0 Å². The zero-order valence-electron chi connectivity index (χ0n) is 5.10. The molecular weight excluding hydrogens is 256 g/mol. The fourth-order valence-electron chi connectivity index (χ4n) is 0.230. The molecule has 2 atom stereocenters. The number of phosphoric acid groups is 2. The summed E-state index contributed by atoms with van der Waals surface area (Å²) in [7, 11) is -13.2. The summed E-state index contributed by atoms with van der Waals surface area (Å²) >= 11 is 4.61. The normalized spacial score (nSPS) is 18.5. The molecule has 0 aromatic rings. The maximum Gasteiger partial charge on any atom is 0.644 e. The molecule has 0 saturated heterocycles. The molecule has 0 aromatic carbocycles. The first kappa shape index (κ1) is 12.7. The second kappa shape index (κ2) is 4.24. The summed E-state index contributed by atoms with van der Waals surface area (Å²) in [6.07, 6.45) is 0.